The lowest BCUT2D eigenvalue weighted by atomic mass is 10.00. The highest BCUT2D eigenvalue weighted by atomic mass is 19.4. The van der Waals surface area contributed by atoms with E-state index >= 15 is 0 Å². The van der Waals surface area contributed by atoms with E-state index in [0.29, 0.717) is 5.92 Å². The van der Waals surface area contributed by atoms with E-state index in [1.807, 2.05) is 4.90 Å². The van der Waals surface area contributed by atoms with Gasteiger partial charge in [0.1, 0.15) is 0 Å². The molecule has 2 amide bonds. The largest absolute Gasteiger partial charge is 0.493 e. The molecule has 168 valence electrons. The highest BCUT2D eigenvalue weighted by molar-refractivity contribution is 5.95. The van der Waals surface area contributed by atoms with Crippen LogP contribution in [0.5, 0.6) is 5.75 Å². The molecule has 1 aromatic heterocycles. The van der Waals surface area contributed by atoms with Crippen molar-refractivity contribution >= 4 is 11.8 Å². The molecule has 10 heteroatoms. The monoisotopic (exact) mass is 438 g/mol. The van der Waals surface area contributed by atoms with Gasteiger partial charge in [-0.1, -0.05) is 13.0 Å². The molecule has 1 atom stereocenters. The van der Waals surface area contributed by atoms with E-state index in [4.69, 9.17) is 4.74 Å². The van der Waals surface area contributed by atoms with Crippen LogP contribution in [0.15, 0.2) is 30.5 Å². The zero-order valence-corrected chi connectivity index (χ0v) is 17.4. The first kappa shape index (κ1) is 22.6. The normalized spacial score (nSPS) is 16.8. The van der Waals surface area contributed by atoms with Crippen LogP contribution in [-0.4, -0.2) is 53.2 Å². The molecular weight excluding hydrogens is 413 g/mol. The molecule has 0 radical (unpaired) electrons. The minimum absolute atomic E-state index is 0.0201. The zero-order valence-electron chi connectivity index (χ0n) is 17.4. The van der Waals surface area contributed by atoms with Gasteiger partial charge in [0.25, 0.3) is 5.91 Å². The van der Waals surface area contributed by atoms with E-state index in [1.165, 1.54) is 25.4 Å². The Kier molecular flexibility index (Phi) is 6.87. The molecule has 1 aromatic carbocycles. The molecule has 3 rings (SSSR count). The number of carbonyl (C=O) groups is 2. The van der Waals surface area contributed by atoms with Crippen molar-refractivity contribution in [2.24, 2.45) is 5.92 Å². The van der Waals surface area contributed by atoms with Crippen molar-refractivity contribution < 1.29 is 27.5 Å². The first-order chi connectivity index (χ1) is 14.7. The maximum Gasteiger partial charge on any atom is 0.416 e. The molecule has 1 fully saturated rings. The van der Waals surface area contributed by atoms with E-state index in [9.17, 15) is 22.8 Å². The molecular formula is C21H25F3N4O3. The zero-order chi connectivity index (χ0) is 22.6. The number of rotatable bonds is 6. The van der Waals surface area contributed by atoms with Gasteiger partial charge in [-0.15, -0.1) is 0 Å². The number of methoxy groups -OCH3 is 1. The Hall–Kier alpha value is -3.04. The summed E-state index contributed by atoms with van der Waals surface area (Å²) < 4.78 is 45.2. The predicted octanol–water partition coefficient (Wildman–Crippen LogP) is 3.28. The van der Waals surface area contributed by atoms with Crippen molar-refractivity contribution in [3.05, 3.63) is 41.7 Å². The highest BCUT2D eigenvalue weighted by Crippen LogP contribution is 2.30. The lowest BCUT2D eigenvalue weighted by Crippen LogP contribution is -2.40. The fraction of sp³-hybridized carbons (Fsp3) is 0.476. The summed E-state index contributed by atoms with van der Waals surface area (Å²) in [6.07, 6.45) is -0.912. The topological polar surface area (TPSA) is 76.5 Å². The van der Waals surface area contributed by atoms with Gasteiger partial charge in [-0.2, -0.15) is 18.3 Å². The number of halogens is 3. The highest BCUT2D eigenvalue weighted by Gasteiger charge is 2.31. The van der Waals surface area contributed by atoms with E-state index in [2.05, 4.69) is 17.3 Å². The van der Waals surface area contributed by atoms with Gasteiger partial charge in [0.2, 0.25) is 5.91 Å². The number of ether oxygens (including phenoxy) is 1. The number of alkyl halides is 3. The summed E-state index contributed by atoms with van der Waals surface area (Å²) in [5.41, 5.74) is -0.753. The first-order valence-electron chi connectivity index (χ1n) is 10.1. The Morgan fingerprint density at radius 1 is 1.32 bits per heavy atom. The number of nitrogens with one attached hydrogen (secondary N) is 1. The van der Waals surface area contributed by atoms with Crippen molar-refractivity contribution in [3.8, 4) is 11.4 Å². The average Bonchev–Trinajstić information content (AvgIpc) is 3.18. The number of aromatic nitrogens is 2. The second-order valence-electron chi connectivity index (χ2n) is 7.63. The summed E-state index contributed by atoms with van der Waals surface area (Å²) >= 11 is 0. The summed E-state index contributed by atoms with van der Waals surface area (Å²) in [4.78, 5) is 26.7. The van der Waals surface area contributed by atoms with Gasteiger partial charge in [-0.3, -0.25) is 9.59 Å². The van der Waals surface area contributed by atoms with Crippen LogP contribution in [-0.2, 0) is 11.0 Å². The summed E-state index contributed by atoms with van der Waals surface area (Å²) in [7, 11) is 1.34. The molecule has 0 aliphatic carbocycles. The van der Waals surface area contributed by atoms with Crippen molar-refractivity contribution in [1.82, 2.24) is 20.0 Å². The third-order valence-corrected chi connectivity index (χ3v) is 5.19. The van der Waals surface area contributed by atoms with Crippen molar-refractivity contribution in [2.75, 3.05) is 26.7 Å². The third-order valence-electron chi connectivity index (χ3n) is 5.19. The number of nitrogens with zero attached hydrogens (tertiary/aromatic N) is 3. The van der Waals surface area contributed by atoms with Gasteiger partial charge < -0.3 is 15.0 Å². The maximum absolute atomic E-state index is 13.0. The third kappa shape index (κ3) is 5.56. The molecule has 0 saturated carbocycles. The van der Waals surface area contributed by atoms with Crippen molar-refractivity contribution in [3.63, 3.8) is 0 Å². The van der Waals surface area contributed by atoms with E-state index in [-0.39, 0.29) is 36.0 Å². The molecule has 2 heterocycles. The second-order valence-corrected chi connectivity index (χ2v) is 7.63. The van der Waals surface area contributed by atoms with Crippen LogP contribution in [0.3, 0.4) is 0 Å². The van der Waals surface area contributed by atoms with E-state index < -0.39 is 17.6 Å². The van der Waals surface area contributed by atoms with Crippen LogP contribution in [0.2, 0.25) is 0 Å². The van der Waals surface area contributed by atoms with Gasteiger partial charge in [0.15, 0.2) is 11.4 Å². The number of hydrogen-bond donors (Lipinski definition) is 1. The molecule has 1 aliphatic rings. The fourth-order valence-corrected chi connectivity index (χ4v) is 3.56. The van der Waals surface area contributed by atoms with Gasteiger partial charge in [0, 0.05) is 26.1 Å². The summed E-state index contributed by atoms with van der Waals surface area (Å²) in [5, 5.41) is 6.72. The van der Waals surface area contributed by atoms with Gasteiger partial charge in [0.05, 0.1) is 24.6 Å². The molecule has 2 aromatic rings. The molecule has 0 bridgehead atoms. The number of piperidine rings is 1. The van der Waals surface area contributed by atoms with Crippen molar-refractivity contribution in [2.45, 2.75) is 32.4 Å². The van der Waals surface area contributed by atoms with Crippen LogP contribution in [0.25, 0.3) is 5.69 Å². The number of carbonyl (C=O) groups excluding carboxylic acids is 2. The average molecular weight is 438 g/mol. The molecule has 1 aliphatic heterocycles. The SMILES string of the molecule is COc1cn(-c2cccc(C(F)(F)F)c2)nc1C(=O)NCCC(=O)N1CCCC(C)C1. The summed E-state index contributed by atoms with van der Waals surface area (Å²) in [6, 6.07) is 4.60. The fourth-order valence-electron chi connectivity index (χ4n) is 3.56. The van der Waals surface area contributed by atoms with Crippen LogP contribution in [0, 0.1) is 5.92 Å². The molecule has 1 unspecified atom stereocenters. The Morgan fingerprint density at radius 3 is 2.77 bits per heavy atom. The lowest BCUT2D eigenvalue weighted by molar-refractivity contribution is -0.137. The Morgan fingerprint density at radius 2 is 2.10 bits per heavy atom. The Labute approximate surface area is 178 Å². The van der Waals surface area contributed by atoms with Gasteiger partial charge >= 0.3 is 6.18 Å². The predicted molar refractivity (Wildman–Crippen MR) is 107 cm³/mol. The summed E-state index contributed by atoms with van der Waals surface area (Å²) in [5.74, 6) is -0.00171. The molecule has 0 spiro atoms. The van der Waals surface area contributed by atoms with Crippen LogP contribution in [0.4, 0.5) is 13.2 Å². The minimum atomic E-state index is -4.49. The van der Waals surface area contributed by atoms with Gasteiger partial charge in [-0.25, -0.2) is 4.68 Å². The molecule has 31 heavy (non-hydrogen) atoms. The van der Waals surface area contributed by atoms with Crippen LogP contribution < -0.4 is 10.1 Å². The maximum atomic E-state index is 13.0. The standard InChI is InChI=1S/C21H25F3N4O3/c1-14-5-4-10-27(12-14)18(29)8-9-25-20(30)19-17(31-2)13-28(26-19)16-7-3-6-15(11-16)21(22,23)24/h3,6-7,11,13-14H,4-5,8-10,12H2,1-2H3,(H,25,30). The Balaban J connectivity index is 1.65. The number of hydrogen-bond acceptors (Lipinski definition) is 4. The van der Waals surface area contributed by atoms with E-state index in [0.717, 1.165) is 42.7 Å². The molecule has 1 N–H and O–H groups in total. The number of benzene rings is 1. The Bertz CT molecular complexity index is 942. The van der Waals surface area contributed by atoms with Crippen molar-refractivity contribution in [1.29, 1.82) is 0 Å². The van der Waals surface area contributed by atoms with E-state index in [1.54, 1.807) is 0 Å². The number of amides is 2. The molecule has 1 saturated heterocycles. The molecule has 7 nitrogen and oxygen atoms in total. The minimum Gasteiger partial charge on any atom is -0.493 e. The summed E-state index contributed by atoms with van der Waals surface area (Å²) in [6.45, 7) is 3.69. The van der Waals surface area contributed by atoms with Gasteiger partial charge in [-0.05, 0) is 37.0 Å². The number of likely N-dealkylation sites (tertiary alicyclic amines) is 1. The quantitative estimate of drug-likeness (QED) is 0.751. The lowest BCUT2D eigenvalue weighted by Gasteiger charge is -2.31. The second kappa shape index (κ2) is 9.40. The van der Waals surface area contributed by atoms with Crippen LogP contribution in [0.1, 0.15) is 42.2 Å². The first-order valence-corrected chi connectivity index (χ1v) is 10.1. The smallest absolute Gasteiger partial charge is 0.416 e. The van der Waals surface area contributed by atoms with Crippen LogP contribution >= 0.6 is 0 Å².